The maximum Gasteiger partial charge on any atom is 0.475 e. The van der Waals surface area contributed by atoms with Crippen LogP contribution in [0, 0.1) is 5.92 Å². The number of rotatable bonds is 8. The average Bonchev–Trinajstić information content (AvgIpc) is 3.26. The number of carbonyl (C=O) groups is 1. The molecule has 1 aromatic carbocycles. The van der Waals surface area contributed by atoms with Gasteiger partial charge in [0, 0.05) is 15.6 Å². The van der Waals surface area contributed by atoms with E-state index in [-0.39, 0.29) is 30.7 Å². The average molecular weight is 375 g/mol. The van der Waals surface area contributed by atoms with Gasteiger partial charge in [0.1, 0.15) is 12.3 Å². The van der Waals surface area contributed by atoms with Gasteiger partial charge in [0.25, 0.3) is 0 Å². The topological polar surface area (TPSA) is 94.1 Å². The molecule has 0 radical (unpaired) electrons. The molecule has 4 N–H and O–H groups in total. The number of hydrogen-bond donors (Lipinski definition) is 4. The molecule has 1 fully saturated rings. The van der Waals surface area contributed by atoms with Crippen LogP contribution in [0.25, 0.3) is 0 Å². The predicted octanol–water partition coefficient (Wildman–Crippen LogP) is 1.52. The molecule has 2 rings (SSSR count). The minimum atomic E-state index is -1.59. The molecular weight excluding hydrogens is 354 g/mol. The van der Waals surface area contributed by atoms with Gasteiger partial charge in [-0.05, 0) is 30.5 Å². The molecule has 1 heterocycles. The predicted molar refractivity (Wildman–Crippen MR) is 93.7 cm³/mol. The first kappa shape index (κ1) is 19.5. The first-order valence-electron chi connectivity index (χ1n) is 7.77. The Morgan fingerprint density at radius 3 is 2.71 bits per heavy atom. The molecule has 1 saturated heterocycles. The van der Waals surface area contributed by atoms with Crippen molar-refractivity contribution in [3.05, 3.63) is 33.8 Å². The molecule has 132 valence electrons. The fourth-order valence-electron chi connectivity index (χ4n) is 2.45. The van der Waals surface area contributed by atoms with Gasteiger partial charge in [0.15, 0.2) is 0 Å². The van der Waals surface area contributed by atoms with Gasteiger partial charge in [-0.1, -0.05) is 37.0 Å². The first-order valence-corrected chi connectivity index (χ1v) is 8.52. The number of benzene rings is 1. The number of epoxide rings is 1. The van der Waals surface area contributed by atoms with Crippen molar-refractivity contribution in [1.82, 2.24) is 10.6 Å². The molecule has 3 atom stereocenters. The van der Waals surface area contributed by atoms with Gasteiger partial charge in [0.05, 0.1) is 12.5 Å². The molecule has 6 nitrogen and oxygen atoms in total. The van der Waals surface area contributed by atoms with E-state index >= 15 is 0 Å². The van der Waals surface area contributed by atoms with E-state index < -0.39 is 13.1 Å². The van der Waals surface area contributed by atoms with Gasteiger partial charge in [-0.3, -0.25) is 10.1 Å². The summed E-state index contributed by atoms with van der Waals surface area (Å²) >= 11 is 12.1. The Bertz CT molecular complexity index is 589. The lowest BCUT2D eigenvalue weighted by atomic mass is 9.75. The fourth-order valence-corrected chi connectivity index (χ4v) is 2.86. The highest BCUT2D eigenvalue weighted by Crippen LogP contribution is 2.41. The summed E-state index contributed by atoms with van der Waals surface area (Å²) in [4.78, 5) is 11.9. The number of hydrogen-bond acceptors (Lipinski definition) is 5. The molecule has 0 bridgehead atoms. The van der Waals surface area contributed by atoms with Crippen LogP contribution in [0.15, 0.2) is 18.2 Å². The molecular formula is C15H21BCl2N2O4. The van der Waals surface area contributed by atoms with Crippen molar-refractivity contribution in [2.45, 2.75) is 38.5 Å². The van der Waals surface area contributed by atoms with E-state index in [2.05, 4.69) is 10.6 Å². The molecule has 0 aromatic heterocycles. The third-order valence-electron chi connectivity index (χ3n) is 3.65. The van der Waals surface area contributed by atoms with Crippen molar-refractivity contribution >= 4 is 36.2 Å². The largest absolute Gasteiger partial charge is 0.475 e. The van der Waals surface area contributed by atoms with Gasteiger partial charge >= 0.3 is 7.12 Å². The van der Waals surface area contributed by atoms with Crippen LogP contribution in [0.1, 0.15) is 31.9 Å². The van der Waals surface area contributed by atoms with Crippen molar-refractivity contribution in [3.8, 4) is 0 Å². The summed E-state index contributed by atoms with van der Waals surface area (Å²) < 4.78 is 5.47. The summed E-state index contributed by atoms with van der Waals surface area (Å²) in [5, 5.41) is 25.3. The summed E-state index contributed by atoms with van der Waals surface area (Å²) in [5.74, 6) is -0.802. The van der Waals surface area contributed by atoms with E-state index in [0.29, 0.717) is 16.5 Å². The van der Waals surface area contributed by atoms with E-state index in [1.54, 1.807) is 18.2 Å². The van der Waals surface area contributed by atoms with Crippen LogP contribution in [-0.2, 0) is 9.53 Å². The second-order valence-corrected chi connectivity index (χ2v) is 7.08. The van der Waals surface area contributed by atoms with Crippen LogP contribution in [0.4, 0.5) is 0 Å². The zero-order chi connectivity index (χ0) is 17.9. The number of amides is 1. The van der Waals surface area contributed by atoms with Crippen LogP contribution in [0.3, 0.4) is 0 Å². The Morgan fingerprint density at radius 1 is 1.38 bits per heavy atom. The number of carbonyl (C=O) groups excluding carboxylic acids is 1. The molecule has 0 aliphatic carbocycles. The SMILES string of the molecule is CC(C)CC(NC(=O)CNC1OC1c1cc(Cl)ccc1Cl)B(O)O. The molecule has 9 heteroatoms. The van der Waals surface area contributed by atoms with Crippen LogP contribution in [0.2, 0.25) is 10.0 Å². The van der Waals surface area contributed by atoms with Crippen LogP contribution in [-0.4, -0.2) is 41.8 Å². The molecule has 1 amide bonds. The maximum atomic E-state index is 11.9. The summed E-state index contributed by atoms with van der Waals surface area (Å²) in [6.07, 6.45) is -0.0995. The van der Waals surface area contributed by atoms with E-state index in [1.165, 1.54) is 0 Å². The van der Waals surface area contributed by atoms with Gasteiger partial charge in [0.2, 0.25) is 5.91 Å². The second-order valence-electron chi connectivity index (χ2n) is 6.24. The fraction of sp³-hybridized carbons (Fsp3) is 0.533. The lowest BCUT2D eigenvalue weighted by molar-refractivity contribution is -0.120. The highest BCUT2D eigenvalue weighted by molar-refractivity contribution is 6.43. The molecule has 1 aliphatic rings. The number of halogens is 2. The summed E-state index contributed by atoms with van der Waals surface area (Å²) in [6, 6.07) is 5.13. The number of ether oxygens (including phenoxy) is 1. The maximum absolute atomic E-state index is 11.9. The Hall–Kier alpha value is -0.825. The van der Waals surface area contributed by atoms with Crippen molar-refractivity contribution in [3.63, 3.8) is 0 Å². The van der Waals surface area contributed by atoms with Crippen LogP contribution < -0.4 is 10.6 Å². The standard InChI is InChI=1S/C15H21BCl2N2O4/c1-8(2)5-12(16(22)23)20-13(21)7-19-15-14(24-15)10-6-9(17)3-4-11(10)18/h3-4,6,8,12,14-15,19,22-23H,5,7H2,1-2H3,(H,20,21). The third-order valence-corrected chi connectivity index (χ3v) is 4.23. The normalized spacial score (nSPS) is 20.8. The molecule has 0 spiro atoms. The van der Waals surface area contributed by atoms with E-state index in [9.17, 15) is 14.8 Å². The summed E-state index contributed by atoms with van der Waals surface area (Å²) in [6.45, 7) is 3.88. The van der Waals surface area contributed by atoms with Gasteiger partial charge in [-0.25, -0.2) is 0 Å². The van der Waals surface area contributed by atoms with Gasteiger partial charge < -0.3 is 20.1 Å². The third kappa shape index (κ3) is 5.62. The second kappa shape index (κ2) is 8.51. The first-order chi connectivity index (χ1) is 11.3. The molecule has 0 saturated carbocycles. The van der Waals surface area contributed by atoms with E-state index in [4.69, 9.17) is 27.9 Å². The minimum Gasteiger partial charge on any atom is -0.426 e. The lowest BCUT2D eigenvalue weighted by Crippen LogP contribution is -2.49. The number of nitrogens with one attached hydrogen (secondary N) is 2. The highest BCUT2D eigenvalue weighted by Gasteiger charge is 2.41. The van der Waals surface area contributed by atoms with Gasteiger partial charge in [-0.15, -0.1) is 0 Å². The molecule has 1 aromatic rings. The monoisotopic (exact) mass is 374 g/mol. The molecule has 24 heavy (non-hydrogen) atoms. The smallest absolute Gasteiger partial charge is 0.426 e. The van der Waals surface area contributed by atoms with Crippen molar-refractivity contribution in [2.24, 2.45) is 5.92 Å². The highest BCUT2D eigenvalue weighted by atomic mass is 35.5. The van der Waals surface area contributed by atoms with Crippen LogP contribution in [0.5, 0.6) is 0 Å². The Kier molecular flexibility index (Phi) is 6.92. The van der Waals surface area contributed by atoms with E-state index in [1.807, 2.05) is 13.8 Å². The van der Waals surface area contributed by atoms with Crippen molar-refractivity contribution in [1.29, 1.82) is 0 Å². The lowest BCUT2D eigenvalue weighted by Gasteiger charge is -2.19. The Morgan fingerprint density at radius 2 is 2.08 bits per heavy atom. The van der Waals surface area contributed by atoms with Gasteiger partial charge in [-0.2, -0.15) is 0 Å². The molecule has 1 aliphatic heterocycles. The molecule has 3 unspecified atom stereocenters. The quantitative estimate of drug-likeness (QED) is 0.409. The Labute approximate surface area is 151 Å². The summed E-state index contributed by atoms with van der Waals surface area (Å²) in [5.41, 5.74) is 0.769. The Balaban J connectivity index is 1.80. The van der Waals surface area contributed by atoms with Crippen LogP contribution >= 0.6 is 23.2 Å². The van der Waals surface area contributed by atoms with E-state index in [0.717, 1.165) is 5.56 Å². The minimum absolute atomic E-state index is 0.000661. The summed E-state index contributed by atoms with van der Waals surface area (Å²) in [7, 11) is -1.59. The van der Waals surface area contributed by atoms with Crippen molar-refractivity contribution < 1.29 is 19.6 Å². The zero-order valence-electron chi connectivity index (χ0n) is 13.5. The van der Waals surface area contributed by atoms with Crippen molar-refractivity contribution in [2.75, 3.05) is 6.54 Å². The zero-order valence-corrected chi connectivity index (χ0v) is 15.0.